The molecule has 5 heteroatoms. The van der Waals surface area contributed by atoms with Crippen molar-refractivity contribution in [3.8, 4) is 0 Å². The van der Waals surface area contributed by atoms with Crippen LogP contribution in [0.3, 0.4) is 0 Å². The molecule has 1 saturated heterocycles. The summed E-state index contributed by atoms with van der Waals surface area (Å²) in [6.45, 7) is 6.78. The van der Waals surface area contributed by atoms with Crippen LogP contribution in [-0.4, -0.2) is 48.4 Å². The molecule has 1 N–H and O–H groups in total. The summed E-state index contributed by atoms with van der Waals surface area (Å²) in [7, 11) is 0. The van der Waals surface area contributed by atoms with Crippen molar-refractivity contribution < 1.29 is 9.18 Å². The summed E-state index contributed by atoms with van der Waals surface area (Å²) in [6, 6.07) is 14.5. The summed E-state index contributed by atoms with van der Waals surface area (Å²) in [5, 5.41) is 2.98. The van der Waals surface area contributed by atoms with Gasteiger partial charge in [-0.15, -0.1) is 0 Å². The van der Waals surface area contributed by atoms with Gasteiger partial charge in [-0.25, -0.2) is 4.39 Å². The van der Waals surface area contributed by atoms with Crippen molar-refractivity contribution in [2.45, 2.75) is 13.5 Å². The number of hydrogen-bond acceptors (Lipinski definition) is 3. The van der Waals surface area contributed by atoms with Gasteiger partial charge in [-0.05, 0) is 36.2 Å². The van der Waals surface area contributed by atoms with Crippen LogP contribution in [0.15, 0.2) is 48.5 Å². The number of rotatable bonds is 5. The maximum atomic E-state index is 13.0. The van der Waals surface area contributed by atoms with Gasteiger partial charge in [0.2, 0.25) is 5.91 Å². The van der Waals surface area contributed by atoms with E-state index < -0.39 is 0 Å². The molecule has 25 heavy (non-hydrogen) atoms. The van der Waals surface area contributed by atoms with Crippen LogP contribution in [0.25, 0.3) is 0 Å². The number of nitrogens with zero attached hydrogens (tertiary/aromatic N) is 2. The average Bonchev–Trinajstić information content (AvgIpc) is 2.61. The van der Waals surface area contributed by atoms with Gasteiger partial charge >= 0.3 is 0 Å². The van der Waals surface area contributed by atoms with Crippen molar-refractivity contribution in [2.75, 3.05) is 38.0 Å². The first-order valence-corrected chi connectivity index (χ1v) is 8.65. The van der Waals surface area contributed by atoms with E-state index in [0.717, 1.165) is 49.5 Å². The average molecular weight is 341 g/mol. The quantitative estimate of drug-likeness (QED) is 0.908. The molecule has 4 nitrogen and oxygen atoms in total. The maximum absolute atomic E-state index is 13.0. The lowest BCUT2D eigenvalue weighted by molar-refractivity contribution is -0.117. The molecule has 132 valence electrons. The molecule has 1 fully saturated rings. The molecule has 1 heterocycles. The summed E-state index contributed by atoms with van der Waals surface area (Å²) >= 11 is 0. The number of amides is 1. The Kier molecular flexibility index (Phi) is 5.79. The molecule has 0 unspecified atom stereocenters. The van der Waals surface area contributed by atoms with Crippen molar-refractivity contribution in [2.24, 2.45) is 0 Å². The lowest BCUT2D eigenvalue weighted by Crippen LogP contribution is -2.48. The lowest BCUT2D eigenvalue weighted by atomic mass is 10.2. The number of hydrogen-bond donors (Lipinski definition) is 1. The molecular formula is C20H24FN3O. The highest BCUT2D eigenvalue weighted by Gasteiger charge is 2.19. The number of carbonyl (C=O) groups excluding carboxylic acids is 1. The Balaban J connectivity index is 1.43. The van der Waals surface area contributed by atoms with Gasteiger partial charge in [0.1, 0.15) is 5.82 Å². The van der Waals surface area contributed by atoms with E-state index in [1.807, 2.05) is 43.3 Å². The van der Waals surface area contributed by atoms with Crippen LogP contribution in [0.2, 0.25) is 0 Å². The summed E-state index contributed by atoms with van der Waals surface area (Å²) in [5.74, 6) is -0.172. The third-order valence-corrected chi connectivity index (χ3v) is 4.57. The van der Waals surface area contributed by atoms with Crippen molar-refractivity contribution >= 4 is 11.6 Å². The van der Waals surface area contributed by atoms with Crippen LogP contribution < -0.4 is 5.32 Å². The number of carbonyl (C=O) groups is 1. The Morgan fingerprint density at radius 2 is 1.64 bits per heavy atom. The van der Waals surface area contributed by atoms with Crippen LogP contribution in [0.1, 0.15) is 11.1 Å². The molecule has 0 spiro atoms. The summed E-state index contributed by atoms with van der Waals surface area (Å²) in [4.78, 5) is 16.7. The normalized spacial score (nSPS) is 15.9. The second-order valence-corrected chi connectivity index (χ2v) is 6.54. The molecule has 0 atom stereocenters. The zero-order valence-electron chi connectivity index (χ0n) is 14.5. The second kappa shape index (κ2) is 8.23. The first kappa shape index (κ1) is 17.6. The molecule has 0 aromatic heterocycles. The SMILES string of the molecule is Cc1ccccc1NC(=O)CN1CCN(Cc2ccc(F)cc2)CC1. The van der Waals surface area contributed by atoms with Gasteiger partial charge in [-0.3, -0.25) is 14.6 Å². The fourth-order valence-corrected chi connectivity index (χ4v) is 3.06. The van der Waals surface area contributed by atoms with Crippen LogP contribution in [-0.2, 0) is 11.3 Å². The number of benzene rings is 2. The Hall–Kier alpha value is -2.24. The highest BCUT2D eigenvalue weighted by atomic mass is 19.1. The monoisotopic (exact) mass is 341 g/mol. The molecule has 1 amide bonds. The van der Waals surface area contributed by atoms with Crippen molar-refractivity contribution in [3.05, 3.63) is 65.5 Å². The van der Waals surface area contributed by atoms with E-state index in [1.54, 1.807) is 0 Å². The number of anilines is 1. The topological polar surface area (TPSA) is 35.6 Å². The predicted molar refractivity (Wildman–Crippen MR) is 97.9 cm³/mol. The highest BCUT2D eigenvalue weighted by Crippen LogP contribution is 2.13. The van der Waals surface area contributed by atoms with Gasteiger partial charge in [0.25, 0.3) is 0 Å². The molecule has 0 bridgehead atoms. The van der Waals surface area contributed by atoms with Crippen LogP contribution in [0.5, 0.6) is 0 Å². The van der Waals surface area contributed by atoms with Crippen molar-refractivity contribution in [1.29, 1.82) is 0 Å². The zero-order valence-corrected chi connectivity index (χ0v) is 14.5. The zero-order chi connectivity index (χ0) is 17.6. The summed E-state index contributed by atoms with van der Waals surface area (Å²) in [6.07, 6.45) is 0. The smallest absolute Gasteiger partial charge is 0.238 e. The van der Waals surface area contributed by atoms with Gasteiger partial charge in [0.05, 0.1) is 6.54 Å². The molecule has 2 aromatic carbocycles. The third kappa shape index (κ3) is 5.11. The van der Waals surface area contributed by atoms with Crippen LogP contribution in [0.4, 0.5) is 10.1 Å². The van der Waals surface area contributed by atoms with E-state index in [0.29, 0.717) is 6.54 Å². The standard InChI is InChI=1S/C20H24FN3O/c1-16-4-2-3-5-19(16)22-20(25)15-24-12-10-23(11-13-24)14-17-6-8-18(21)9-7-17/h2-9H,10-15H2,1H3,(H,22,25). The minimum atomic E-state index is -0.201. The third-order valence-electron chi connectivity index (χ3n) is 4.57. The lowest BCUT2D eigenvalue weighted by Gasteiger charge is -2.34. The first-order chi connectivity index (χ1) is 12.1. The largest absolute Gasteiger partial charge is 0.325 e. The van der Waals surface area contributed by atoms with Gasteiger partial charge in [0, 0.05) is 38.4 Å². The molecule has 0 radical (unpaired) electrons. The fourth-order valence-electron chi connectivity index (χ4n) is 3.06. The van der Waals surface area contributed by atoms with Gasteiger partial charge in [-0.1, -0.05) is 30.3 Å². The van der Waals surface area contributed by atoms with E-state index in [-0.39, 0.29) is 11.7 Å². The molecule has 1 aliphatic heterocycles. The van der Waals surface area contributed by atoms with Crippen molar-refractivity contribution in [3.63, 3.8) is 0 Å². The van der Waals surface area contributed by atoms with E-state index in [4.69, 9.17) is 0 Å². The molecule has 3 rings (SSSR count). The molecule has 2 aromatic rings. The molecule has 1 aliphatic rings. The van der Waals surface area contributed by atoms with E-state index in [9.17, 15) is 9.18 Å². The van der Waals surface area contributed by atoms with Crippen molar-refractivity contribution in [1.82, 2.24) is 9.80 Å². The fraction of sp³-hybridized carbons (Fsp3) is 0.350. The molecular weight excluding hydrogens is 317 g/mol. The summed E-state index contributed by atoms with van der Waals surface area (Å²) < 4.78 is 13.0. The highest BCUT2D eigenvalue weighted by molar-refractivity contribution is 5.92. The van der Waals surface area contributed by atoms with Crippen LogP contribution >= 0.6 is 0 Å². The minimum Gasteiger partial charge on any atom is -0.325 e. The van der Waals surface area contributed by atoms with Crippen LogP contribution in [0, 0.1) is 12.7 Å². The first-order valence-electron chi connectivity index (χ1n) is 8.65. The Bertz CT molecular complexity index is 709. The number of piperazine rings is 1. The Labute approximate surface area is 148 Å². The minimum absolute atomic E-state index is 0.0290. The van der Waals surface area contributed by atoms with Gasteiger partial charge in [0.15, 0.2) is 0 Å². The number of aryl methyl sites for hydroxylation is 1. The van der Waals surface area contributed by atoms with Gasteiger partial charge in [-0.2, -0.15) is 0 Å². The molecule has 0 aliphatic carbocycles. The second-order valence-electron chi connectivity index (χ2n) is 6.54. The van der Waals surface area contributed by atoms with E-state index in [2.05, 4.69) is 15.1 Å². The number of halogens is 1. The number of para-hydroxylation sites is 1. The Morgan fingerprint density at radius 3 is 2.32 bits per heavy atom. The number of nitrogens with one attached hydrogen (secondary N) is 1. The van der Waals surface area contributed by atoms with Gasteiger partial charge < -0.3 is 5.32 Å². The molecule has 0 saturated carbocycles. The van der Waals surface area contributed by atoms with E-state index >= 15 is 0 Å². The Morgan fingerprint density at radius 1 is 1.00 bits per heavy atom. The summed E-state index contributed by atoms with van der Waals surface area (Å²) in [5.41, 5.74) is 3.06. The predicted octanol–water partition coefficient (Wildman–Crippen LogP) is 2.89. The maximum Gasteiger partial charge on any atom is 0.238 e. The van der Waals surface area contributed by atoms with E-state index in [1.165, 1.54) is 12.1 Å².